The minimum atomic E-state index is -0.469. The van der Waals surface area contributed by atoms with E-state index in [4.69, 9.17) is 97.5 Å². The maximum absolute atomic E-state index is 9.66. The first kappa shape index (κ1) is 18.7. The zero-order valence-corrected chi connectivity index (χ0v) is 16.0. The van der Waals surface area contributed by atoms with Crippen LogP contribution in [0.2, 0.25) is 40.2 Å². The van der Waals surface area contributed by atoms with Crippen LogP contribution in [0.4, 0.5) is 0 Å². The van der Waals surface area contributed by atoms with Gasteiger partial charge in [0.2, 0.25) is 0 Å². The Labute approximate surface area is 165 Å². The number of ether oxygens (including phenoxy) is 1. The van der Waals surface area contributed by atoms with Crippen LogP contribution >= 0.6 is 92.8 Å². The largest absolute Gasteiger partial charge is 0.505 e. The summed E-state index contributed by atoms with van der Waals surface area (Å²) < 4.78 is 5.50. The first-order valence-electron chi connectivity index (χ1n) is 5.22. The molecule has 0 heterocycles. The van der Waals surface area contributed by atoms with E-state index in [0.717, 1.165) is 0 Å². The van der Waals surface area contributed by atoms with Crippen LogP contribution in [-0.2, 0) is 0 Å². The van der Waals surface area contributed by atoms with Gasteiger partial charge in [0.25, 0.3) is 0 Å². The summed E-state index contributed by atoms with van der Waals surface area (Å²) in [6.45, 7) is 0. The van der Waals surface area contributed by atoms with E-state index in [0.29, 0.717) is 0 Å². The fourth-order valence-corrected chi connectivity index (χ4v) is 3.15. The molecule has 0 bridgehead atoms. The number of benzene rings is 2. The summed E-state index contributed by atoms with van der Waals surface area (Å²) in [4.78, 5) is 0. The van der Waals surface area contributed by atoms with Gasteiger partial charge in [-0.15, -0.1) is 0 Å². The summed E-state index contributed by atoms with van der Waals surface area (Å²) in [5.74, 6) is -0.556. The van der Waals surface area contributed by atoms with Crippen LogP contribution < -0.4 is 4.74 Å². The highest BCUT2D eigenvalue weighted by Crippen LogP contribution is 2.52. The molecule has 2 aromatic rings. The third-order valence-corrected chi connectivity index (χ3v) is 5.87. The van der Waals surface area contributed by atoms with E-state index in [1.165, 1.54) is 6.07 Å². The Balaban J connectivity index is 2.63. The van der Waals surface area contributed by atoms with Gasteiger partial charge in [0.05, 0.1) is 15.1 Å². The Morgan fingerprint density at radius 2 is 1.14 bits per heavy atom. The van der Waals surface area contributed by atoms with Crippen LogP contribution in [-0.4, -0.2) is 5.11 Å². The molecule has 1 N–H and O–H groups in total. The molecule has 0 aliphatic heterocycles. The lowest BCUT2D eigenvalue weighted by Gasteiger charge is -2.15. The number of phenols is 1. The maximum Gasteiger partial charge on any atom is 0.168 e. The van der Waals surface area contributed by atoms with E-state index in [1.54, 1.807) is 0 Å². The van der Waals surface area contributed by atoms with Gasteiger partial charge >= 0.3 is 0 Å². The van der Waals surface area contributed by atoms with Crippen LogP contribution in [0.25, 0.3) is 0 Å². The molecule has 0 aliphatic carbocycles. The molecule has 0 radical (unpaired) electrons. The van der Waals surface area contributed by atoms with Crippen molar-refractivity contribution >= 4 is 92.8 Å². The molecular formula is C12H2Cl8O2. The van der Waals surface area contributed by atoms with Crippen LogP contribution in [0.3, 0.4) is 0 Å². The van der Waals surface area contributed by atoms with Gasteiger partial charge < -0.3 is 9.84 Å². The average Bonchev–Trinajstić information content (AvgIpc) is 2.50. The molecule has 2 aromatic carbocycles. The Morgan fingerprint density at radius 1 is 0.636 bits per heavy atom. The van der Waals surface area contributed by atoms with Crippen molar-refractivity contribution in [2.75, 3.05) is 0 Å². The van der Waals surface area contributed by atoms with Crippen LogP contribution in [0.15, 0.2) is 6.07 Å². The van der Waals surface area contributed by atoms with Gasteiger partial charge in [-0.25, -0.2) is 0 Å². The topological polar surface area (TPSA) is 29.5 Å². The molecule has 10 heteroatoms. The van der Waals surface area contributed by atoms with Crippen molar-refractivity contribution in [1.82, 2.24) is 0 Å². The second kappa shape index (κ2) is 7.08. The third-order valence-electron chi connectivity index (χ3n) is 2.48. The van der Waals surface area contributed by atoms with Crippen molar-refractivity contribution in [3.8, 4) is 17.2 Å². The average molecular weight is 462 g/mol. The molecule has 0 aliphatic rings. The Bertz CT molecular complexity index is 746. The summed E-state index contributed by atoms with van der Waals surface area (Å²) in [5, 5.41) is 9.04. The summed E-state index contributed by atoms with van der Waals surface area (Å²) in [6.07, 6.45) is 0. The Morgan fingerprint density at radius 3 is 1.64 bits per heavy atom. The van der Waals surface area contributed by atoms with Crippen molar-refractivity contribution in [1.29, 1.82) is 0 Å². The minimum absolute atomic E-state index is 0.00551. The van der Waals surface area contributed by atoms with Gasteiger partial charge in [0.15, 0.2) is 11.5 Å². The minimum Gasteiger partial charge on any atom is -0.505 e. The Kier molecular flexibility index (Phi) is 6.02. The number of aromatic hydroxyl groups is 1. The highest BCUT2D eigenvalue weighted by Gasteiger charge is 2.23. The van der Waals surface area contributed by atoms with E-state index >= 15 is 0 Å². The Hall–Kier alpha value is 0.360. The molecule has 2 nitrogen and oxygen atoms in total. The summed E-state index contributed by atoms with van der Waals surface area (Å²) in [5.41, 5.74) is 0. The summed E-state index contributed by atoms with van der Waals surface area (Å²) >= 11 is 47.4. The molecule has 0 unspecified atom stereocenters. The second-order valence-corrected chi connectivity index (χ2v) is 6.89. The highest BCUT2D eigenvalue weighted by molar-refractivity contribution is 6.52. The zero-order chi connectivity index (χ0) is 16.8. The molecule has 22 heavy (non-hydrogen) atoms. The molecule has 2 rings (SSSR count). The summed E-state index contributed by atoms with van der Waals surface area (Å²) in [7, 11) is 0. The van der Waals surface area contributed by atoms with Crippen molar-refractivity contribution in [2.24, 2.45) is 0 Å². The van der Waals surface area contributed by atoms with Gasteiger partial charge in [-0.05, 0) is 0 Å². The van der Waals surface area contributed by atoms with E-state index in [-0.39, 0.29) is 51.7 Å². The lowest BCUT2D eigenvalue weighted by molar-refractivity contribution is 0.465. The molecule has 118 valence electrons. The molecule has 0 fully saturated rings. The number of hydrogen-bond donors (Lipinski definition) is 1. The van der Waals surface area contributed by atoms with Crippen LogP contribution in [0.5, 0.6) is 17.2 Å². The molecule has 0 spiro atoms. The van der Waals surface area contributed by atoms with Gasteiger partial charge in [-0.2, -0.15) is 0 Å². The van der Waals surface area contributed by atoms with Crippen molar-refractivity contribution < 1.29 is 9.84 Å². The van der Waals surface area contributed by atoms with Gasteiger partial charge in [-0.1, -0.05) is 92.8 Å². The fraction of sp³-hybridized carbons (Fsp3) is 0. The van der Waals surface area contributed by atoms with Gasteiger partial charge in [0, 0.05) is 6.07 Å². The predicted octanol–water partition coefficient (Wildman–Crippen LogP) is 8.41. The molecule has 0 aromatic heterocycles. The van der Waals surface area contributed by atoms with Crippen LogP contribution in [0, 0.1) is 0 Å². The van der Waals surface area contributed by atoms with Crippen molar-refractivity contribution in [3.63, 3.8) is 0 Å². The van der Waals surface area contributed by atoms with Gasteiger partial charge in [0.1, 0.15) is 30.9 Å². The molecular weight excluding hydrogens is 460 g/mol. The standard InChI is InChI=1S/C12H2Cl8O2/c13-2-1-3(5(15)6(16)4(2)14)22-12-9(19)7(17)11(21)8(18)10(12)20/h1,21H. The van der Waals surface area contributed by atoms with E-state index in [1.807, 2.05) is 0 Å². The third kappa shape index (κ3) is 3.26. The second-order valence-electron chi connectivity index (χ2n) is 3.83. The lowest BCUT2D eigenvalue weighted by Crippen LogP contribution is -1.91. The number of hydrogen-bond acceptors (Lipinski definition) is 2. The van der Waals surface area contributed by atoms with Gasteiger partial charge in [-0.3, -0.25) is 0 Å². The first-order chi connectivity index (χ1) is 10.2. The SMILES string of the molecule is Oc1c(Cl)c(Cl)c(Oc2cc(Cl)c(Cl)c(Cl)c2Cl)c(Cl)c1Cl. The molecule has 0 amide bonds. The molecule has 0 atom stereocenters. The fourth-order valence-electron chi connectivity index (χ4n) is 1.42. The van der Waals surface area contributed by atoms with E-state index in [9.17, 15) is 5.11 Å². The highest BCUT2D eigenvalue weighted by atomic mass is 35.5. The molecule has 0 saturated heterocycles. The number of halogens is 8. The smallest absolute Gasteiger partial charge is 0.168 e. The number of rotatable bonds is 2. The van der Waals surface area contributed by atoms with Crippen molar-refractivity contribution in [3.05, 3.63) is 46.2 Å². The number of phenolic OH excluding ortho intramolecular Hbond substituents is 1. The first-order valence-corrected chi connectivity index (χ1v) is 8.24. The summed E-state index contributed by atoms with van der Waals surface area (Å²) in [6, 6.07) is 1.32. The molecule has 0 saturated carbocycles. The monoisotopic (exact) mass is 458 g/mol. The quantitative estimate of drug-likeness (QED) is 0.359. The van der Waals surface area contributed by atoms with E-state index in [2.05, 4.69) is 0 Å². The van der Waals surface area contributed by atoms with Crippen molar-refractivity contribution in [2.45, 2.75) is 0 Å². The van der Waals surface area contributed by atoms with E-state index < -0.39 is 5.75 Å². The zero-order valence-electron chi connectivity index (χ0n) is 9.96. The van der Waals surface area contributed by atoms with Crippen LogP contribution in [0.1, 0.15) is 0 Å². The lowest BCUT2D eigenvalue weighted by atomic mass is 10.3. The normalized spacial score (nSPS) is 10.9. The predicted molar refractivity (Wildman–Crippen MR) is 94.7 cm³/mol. The maximum atomic E-state index is 9.66.